The van der Waals surface area contributed by atoms with Crippen LogP contribution in [0.5, 0.6) is 5.75 Å². The number of nitrogens with zero attached hydrogens (tertiary/aromatic N) is 5. The molecule has 30 heavy (non-hydrogen) atoms. The van der Waals surface area contributed by atoms with E-state index in [-0.39, 0.29) is 11.6 Å². The van der Waals surface area contributed by atoms with Crippen LogP contribution in [0.1, 0.15) is 29.4 Å². The van der Waals surface area contributed by atoms with Crippen molar-refractivity contribution in [2.75, 3.05) is 0 Å². The zero-order valence-electron chi connectivity index (χ0n) is 16.1. The van der Waals surface area contributed by atoms with Gasteiger partial charge in [0, 0.05) is 42.5 Å². The van der Waals surface area contributed by atoms with Gasteiger partial charge in [0.2, 0.25) is 0 Å². The average molecular weight is 413 g/mol. The van der Waals surface area contributed by atoms with E-state index in [1.807, 2.05) is 23.1 Å². The molecule has 4 aromatic rings. The van der Waals surface area contributed by atoms with Gasteiger partial charge in [-0.1, -0.05) is 0 Å². The van der Waals surface area contributed by atoms with E-state index in [0.29, 0.717) is 16.9 Å². The minimum atomic E-state index is -4.52. The lowest BCUT2D eigenvalue weighted by Crippen LogP contribution is -2.23. The van der Waals surface area contributed by atoms with Crippen LogP contribution >= 0.6 is 0 Å². The normalized spacial score (nSPS) is 16.7. The maximum atomic E-state index is 13.0. The number of halogens is 3. The summed E-state index contributed by atoms with van der Waals surface area (Å²) in [6.45, 7) is 2.30. The number of hydrogen-bond acceptors (Lipinski definition) is 4. The van der Waals surface area contributed by atoms with Crippen LogP contribution in [0.4, 0.5) is 13.2 Å². The molecule has 0 spiro atoms. The van der Waals surface area contributed by atoms with Crippen LogP contribution in [0.3, 0.4) is 0 Å². The number of rotatable bonds is 2. The molecule has 5 rings (SSSR count). The second kappa shape index (κ2) is 6.58. The number of benzene rings is 1. The number of alkyl halides is 3. The molecule has 1 unspecified atom stereocenters. The first-order valence-corrected chi connectivity index (χ1v) is 9.57. The average Bonchev–Trinajstić information content (AvgIpc) is 3.32. The summed E-state index contributed by atoms with van der Waals surface area (Å²) in [6.07, 6.45) is 2.94. The van der Waals surface area contributed by atoms with Gasteiger partial charge in [0.25, 0.3) is 0 Å². The first-order chi connectivity index (χ1) is 14.3. The van der Waals surface area contributed by atoms with E-state index in [9.17, 15) is 18.3 Å². The fourth-order valence-electron chi connectivity index (χ4n) is 4.08. The number of imidazole rings is 1. The molecule has 0 bridgehead atoms. The summed E-state index contributed by atoms with van der Waals surface area (Å²) in [5.74, 6) is 0.616. The van der Waals surface area contributed by atoms with Gasteiger partial charge in [-0.3, -0.25) is 4.68 Å². The number of phenolic OH excluding ortho intramolecular Hbond substituents is 1. The summed E-state index contributed by atoms with van der Waals surface area (Å²) in [7, 11) is 0. The predicted octanol–water partition coefficient (Wildman–Crippen LogP) is 4.52. The maximum absolute atomic E-state index is 13.0. The van der Waals surface area contributed by atoms with Gasteiger partial charge in [-0.2, -0.15) is 18.3 Å². The van der Waals surface area contributed by atoms with E-state index in [1.54, 1.807) is 12.3 Å². The summed E-state index contributed by atoms with van der Waals surface area (Å²) >= 11 is 0. The van der Waals surface area contributed by atoms with Crippen molar-refractivity contribution >= 4 is 11.0 Å². The Bertz CT molecular complexity index is 1230. The first-order valence-electron chi connectivity index (χ1n) is 9.57. The van der Waals surface area contributed by atoms with E-state index in [4.69, 9.17) is 0 Å². The SMILES string of the molecule is Cc1cc(C(F)(F)F)cc(O)c1-c1ccc2cn(C3CCc4nccn4C3)nc2n1. The molecule has 0 saturated carbocycles. The van der Waals surface area contributed by atoms with Crippen molar-refractivity contribution < 1.29 is 18.3 Å². The van der Waals surface area contributed by atoms with Crippen LogP contribution in [0.2, 0.25) is 0 Å². The molecule has 4 heterocycles. The Hall–Kier alpha value is -3.36. The van der Waals surface area contributed by atoms with Gasteiger partial charge in [-0.15, -0.1) is 0 Å². The number of aromatic hydroxyl groups is 1. The van der Waals surface area contributed by atoms with Crippen molar-refractivity contribution in [1.82, 2.24) is 24.3 Å². The summed E-state index contributed by atoms with van der Waals surface area (Å²) in [6, 6.07) is 5.44. The third kappa shape index (κ3) is 3.10. The molecule has 0 aliphatic carbocycles. The van der Waals surface area contributed by atoms with Gasteiger partial charge >= 0.3 is 6.18 Å². The molecule has 1 aliphatic rings. The number of aryl methyl sites for hydroxylation is 2. The van der Waals surface area contributed by atoms with Crippen LogP contribution in [-0.4, -0.2) is 29.4 Å². The molecule has 0 fully saturated rings. The van der Waals surface area contributed by atoms with Crippen molar-refractivity contribution in [3.05, 3.63) is 59.8 Å². The van der Waals surface area contributed by atoms with Crippen molar-refractivity contribution in [3.63, 3.8) is 0 Å². The fraction of sp³-hybridized carbons (Fsp3) is 0.286. The number of hydrogen-bond donors (Lipinski definition) is 1. The second-order valence-corrected chi connectivity index (χ2v) is 7.59. The highest BCUT2D eigenvalue weighted by Gasteiger charge is 2.32. The van der Waals surface area contributed by atoms with Crippen molar-refractivity contribution in [2.24, 2.45) is 0 Å². The fourth-order valence-corrected chi connectivity index (χ4v) is 4.08. The number of fused-ring (bicyclic) bond motifs is 2. The van der Waals surface area contributed by atoms with Gasteiger partial charge < -0.3 is 9.67 Å². The topological polar surface area (TPSA) is 68.8 Å². The maximum Gasteiger partial charge on any atom is 0.416 e. The second-order valence-electron chi connectivity index (χ2n) is 7.59. The third-order valence-electron chi connectivity index (χ3n) is 5.57. The van der Waals surface area contributed by atoms with Crippen molar-refractivity contribution in [2.45, 2.75) is 38.5 Å². The highest BCUT2D eigenvalue weighted by Crippen LogP contribution is 2.38. The van der Waals surface area contributed by atoms with E-state index in [1.165, 1.54) is 6.92 Å². The minimum Gasteiger partial charge on any atom is -0.507 e. The van der Waals surface area contributed by atoms with Crippen LogP contribution in [0, 0.1) is 6.92 Å². The predicted molar refractivity (Wildman–Crippen MR) is 104 cm³/mol. The van der Waals surface area contributed by atoms with Gasteiger partial charge in [-0.25, -0.2) is 9.97 Å². The molecule has 1 atom stereocenters. The van der Waals surface area contributed by atoms with Crippen LogP contribution < -0.4 is 0 Å². The quantitative estimate of drug-likeness (QED) is 0.525. The Balaban J connectivity index is 1.51. The van der Waals surface area contributed by atoms with E-state index >= 15 is 0 Å². The summed E-state index contributed by atoms with van der Waals surface area (Å²) in [5.41, 5.74) is 0.566. The minimum absolute atomic E-state index is 0.172. The van der Waals surface area contributed by atoms with Crippen LogP contribution in [0.25, 0.3) is 22.3 Å². The lowest BCUT2D eigenvalue weighted by atomic mass is 10.00. The van der Waals surface area contributed by atoms with Crippen LogP contribution in [0.15, 0.2) is 42.9 Å². The molecular weight excluding hydrogens is 395 g/mol. The highest BCUT2D eigenvalue weighted by atomic mass is 19.4. The molecule has 1 aliphatic heterocycles. The Morgan fingerprint density at radius 2 is 2.03 bits per heavy atom. The van der Waals surface area contributed by atoms with Gasteiger partial charge in [0.05, 0.1) is 17.3 Å². The van der Waals surface area contributed by atoms with Gasteiger partial charge in [-0.05, 0) is 43.2 Å². The molecule has 1 N–H and O–H groups in total. The number of pyridine rings is 1. The van der Waals surface area contributed by atoms with E-state index in [2.05, 4.69) is 19.6 Å². The van der Waals surface area contributed by atoms with E-state index in [0.717, 1.165) is 42.7 Å². The Morgan fingerprint density at radius 3 is 2.80 bits per heavy atom. The molecular formula is C21H18F3N5O. The smallest absolute Gasteiger partial charge is 0.416 e. The molecule has 3 aromatic heterocycles. The monoisotopic (exact) mass is 413 g/mol. The lowest BCUT2D eigenvalue weighted by Gasteiger charge is -2.23. The zero-order chi connectivity index (χ0) is 21.0. The molecule has 0 amide bonds. The van der Waals surface area contributed by atoms with Crippen molar-refractivity contribution in [3.8, 4) is 17.0 Å². The highest BCUT2D eigenvalue weighted by molar-refractivity contribution is 5.80. The standard InChI is InChI=1S/C21H18F3N5O/c1-12-8-14(21(22,23)24)9-17(30)19(12)16-4-2-13-10-29(27-20(13)26-16)15-3-5-18-25-6-7-28(18)11-15/h2,4,6-10,15,30H,3,5,11H2,1H3. The van der Waals surface area contributed by atoms with E-state index < -0.39 is 17.5 Å². The number of aromatic nitrogens is 5. The molecule has 0 saturated heterocycles. The molecule has 154 valence electrons. The Kier molecular flexibility index (Phi) is 4.09. The molecule has 9 heteroatoms. The summed E-state index contributed by atoms with van der Waals surface area (Å²) in [4.78, 5) is 8.85. The summed E-state index contributed by atoms with van der Waals surface area (Å²) < 4.78 is 43.0. The molecule has 0 radical (unpaired) electrons. The largest absolute Gasteiger partial charge is 0.507 e. The Labute approximate surface area is 169 Å². The zero-order valence-corrected chi connectivity index (χ0v) is 16.1. The third-order valence-corrected chi connectivity index (χ3v) is 5.57. The van der Waals surface area contributed by atoms with Gasteiger partial charge in [0.1, 0.15) is 11.6 Å². The number of phenols is 1. The summed E-state index contributed by atoms with van der Waals surface area (Å²) in [5, 5.41) is 15.7. The van der Waals surface area contributed by atoms with Gasteiger partial charge in [0.15, 0.2) is 5.65 Å². The lowest BCUT2D eigenvalue weighted by molar-refractivity contribution is -0.137. The molecule has 6 nitrogen and oxygen atoms in total. The first kappa shape index (κ1) is 18.7. The Morgan fingerprint density at radius 1 is 1.20 bits per heavy atom. The van der Waals surface area contributed by atoms with Crippen molar-refractivity contribution in [1.29, 1.82) is 0 Å². The molecule has 1 aromatic carbocycles. The van der Waals surface area contributed by atoms with Crippen LogP contribution in [-0.2, 0) is 19.1 Å².